The van der Waals surface area contributed by atoms with Gasteiger partial charge in [0.1, 0.15) is 0 Å². The minimum atomic E-state index is 0.171. The van der Waals surface area contributed by atoms with Crippen molar-refractivity contribution in [2.45, 2.75) is 32.2 Å². The number of hydrogen-bond acceptors (Lipinski definition) is 3. The summed E-state index contributed by atoms with van der Waals surface area (Å²) in [5, 5.41) is 2.35. The van der Waals surface area contributed by atoms with Gasteiger partial charge in [0.2, 0.25) is 0 Å². The van der Waals surface area contributed by atoms with Gasteiger partial charge < -0.3 is 9.80 Å². The van der Waals surface area contributed by atoms with E-state index in [-0.39, 0.29) is 5.91 Å². The van der Waals surface area contributed by atoms with Crippen molar-refractivity contribution in [3.05, 3.63) is 71.5 Å². The van der Waals surface area contributed by atoms with Gasteiger partial charge in [0.25, 0.3) is 5.91 Å². The summed E-state index contributed by atoms with van der Waals surface area (Å²) in [6.45, 7) is 3.63. The Labute approximate surface area is 165 Å². The van der Waals surface area contributed by atoms with Gasteiger partial charge in [0, 0.05) is 61.1 Å². The lowest BCUT2D eigenvalue weighted by Crippen LogP contribution is -2.35. The maximum atomic E-state index is 12.9. The number of benzene rings is 2. The quantitative estimate of drug-likeness (QED) is 0.669. The number of aromatic nitrogens is 1. The van der Waals surface area contributed by atoms with Crippen molar-refractivity contribution >= 4 is 22.4 Å². The smallest absolute Gasteiger partial charge is 0.253 e. The third-order valence-electron chi connectivity index (χ3n) is 6.05. The lowest BCUT2D eigenvalue weighted by atomic mass is 10.0. The lowest BCUT2D eigenvalue weighted by Gasteiger charge is -2.31. The topological polar surface area (TPSA) is 36.4 Å². The van der Waals surface area contributed by atoms with E-state index in [2.05, 4.69) is 46.3 Å². The fourth-order valence-corrected chi connectivity index (χ4v) is 4.53. The first kappa shape index (κ1) is 17.2. The normalized spacial score (nSPS) is 16.9. The predicted octanol–water partition coefficient (Wildman–Crippen LogP) is 4.42. The molecule has 3 aromatic rings. The standard InChI is InChI=1S/C24H25N3O/c28-24(26-13-2-1-3-14-26)19-9-10-21-18(16-19)6-4-8-23(21)27-15-11-22-20(17-27)7-5-12-25-22/h4-10,12,16H,1-3,11,13-15,17H2. The second-order valence-electron chi connectivity index (χ2n) is 7.85. The molecule has 1 fully saturated rings. The number of piperidine rings is 1. The SMILES string of the molecule is O=C(c1ccc2c(N3CCc4ncccc4C3)cccc2c1)N1CCCCC1. The molecule has 0 atom stereocenters. The van der Waals surface area contributed by atoms with Gasteiger partial charge in [0.15, 0.2) is 0 Å². The molecule has 2 aromatic carbocycles. The molecule has 4 nitrogen and oxygen atoms in total. The van der Waals surface area contributed by atoms with Gasteiger partial charge in [-0.25, -0.2) is 0 Å². The fourth-order valence-electron chi connectivity index (χ4n) is 4.53. The molecular weight excluding hydrogens is 346 g/mol. The summed E-state index contributed by atoms with van der Waals surface area (Å²) in [4.78, 5) is 21.8. The van der Waals surface area contributed by atoms with Gasteiger partial charge >= 0.3 is 0 Å². The van der Waals surface area contributed by atoms with Crippen LogP contribution in [-0.2, 0) is 13.0 Å². The van der Waals surface area contributed by atoms with Crippen LogP contribution in [0.1, 0.15) is 40.9 Å². The van der Waals surface area contributed by atoms with Crippen molar-refractivity contribution in [2.75, 3.05) is 24.5 Å². The first-order chi connectivity index (χ1) is 13.8. The van der Waals surface area contributed by atoms with E-state index in [4.69, 9.17) is 0 Å². The summed E-state index contributed by atoms with van der Waals surface area (Å²) in [7, 11) is 0. The first-order valence-corrected chi connectivity index (χ1v) is 10.3. The van der Waals surface area contributed by atoms with Gasteiger partial charge in [-0.15, -0.1) is 0 Å². The van der Waals surface area contributed by atoms with E-state index in [1.807, 2.05) is 23.2 Å². The third kappa shape index (κ3) is 3.13. The summed E-state index contributed by atoms with van der Waals surface area (Å²) in [6, 6.07) is 16.8. The summed E-state index contributed by atoms with van der Waals surface area (Å²) in [5.74, 6) is 0.171. The molecule has 1 aromatic heterocycles. The molecule has 0 saturated carbocycles. The average molecular weight is 371 g/mol. The van der Waals surface area contributed by atoms with Crippen LogP contribution in [0.5, 0.6) is 0 Å². The van der Waals surface area contributed by atoms with E-state index in [1.165, 1.54) is 28.8 Å². The van der Waals surface area contributed by atoms with E-state index in [0.29, 0.717) is 0 Å². The molecule has 28 heavy (non-hydrogen) atoms. The average Bonchev–Trinajstić information content (AvgIpc) is 2.78. The number of pyridine rings is 1. The molecular formula is C24H25N3O. The minimum absolute atomic E-state index is 0.171. The largest absolute Gasteiger partial charge is 0.366 e. The number of anilines is 1. The zero-order chi connectivity index (χ0) is 18.9. The van der Waals surface area contributed by atoms with Crippen LogP contribution in [0.4, 0.5) is 5.69 Å². The van der Waals surface area contributed by atoms with Crippen LogP contribution in [-0.4, -0.2) is 35.4 Å². The van der Waals surface area contributed by atoms with Crippen LogP contribution in [0.25, 0.3) is 10.8 Å². The molecule has 0 spiro atoms. The van der Waals surface area contributed by atoms with Gasteiger partial charge in [0.05, 0.1) is 0 Å². The monoisotopic (exact) mass is 371 g/mol. The summed E-state index contributed by atoms with van der Waals surface area (Å²) < 4.78 is 0. The number of nitrogens with zero attached hydrogens (tertiary/aromatic N) is 3. The molecule has 0 N–H and O–H groups in total. The second kappa shape index (κ2) is 7.27. The van der Waals surface area contributed by atoms with E-state index >= 15 is 0 Å². The Morgan fingerprint density at radius 1 is 0.929 bits per heavy atom. The van der Waals surface area contributed by atoms with Crippen LogP contribution < -0.4 is 4.90 Å². The highest BCUT2D eigenvalue weighted by Gasteiger charge is 2.21. The molecule has 3 heterocycles. The molecule has 142 valence electrons. The van der Waals surface area contributed by atoms with Crippen molar-refractivity contribution in [3.63, 3.8) is 0 Å². The zero-order valence-corrected chi connectivity index (χ0v) is 16.1. The number of carbonyl (C=O) groups excluding carboxylic acids is 1. The van der Waals surface area contributed by atoms with Gasteiger partial charge in [-0.05, 0) is 54.5 Å². The maximum Gasteiger partial charge on any atom is 0.253 e. The number of hydrogen-bond donors (Lipinski definition) is 0. The molecule has 0 radical (unpaired) electrons. The van der Waals surface area contributed by atoms with Crippen molar-refractivity contribution in [1.82, 2.24) is 9.88 Å². The van der Waals surface area contributed by atoms with Crippen molar-refractivity contribution in [3.8, 4) is 0 Å². The molecule has 1 amide bonds. The van der Waals surface area contributed by atoms with Crippen LogP contribution >= 0.6 is 0 Å². The van der Waals surface area contributed by atoms with Crippen LogP contribution in [0.2, 0.25) is 0 Å². The first-order valence-electron chi connectivity index (χ1n) is 10.3. The highest BCUT2D eigenvalue weighted by molar-refractivity contribution is 6.02. The molecule has 0 aliphatic carbocycles. The minimum Gasteiger partial charge on any atom is -0.366 e. The van der Waals surface area contributed by atoms with Crippen molar-refractivity contribution in [1.29, 1.82) is 0 Å². The molecule has 2 aliphatic heterocycles. The Bertz CT molecular complexity index is 1020. The highest BCUT2D eigenvalue weighted by atomic mass is 16.2. The molecule has 0 bridgehead atoms. The maximum absolute atomic E-state index is 12.9. The van der Waals surface area contributed by atoms with E-state index in [0.717, 1.165) is 56.4 Å². The van der Waals surface area contributed by atoms with Crippen LogP contribution in [0, 0.1) is 0 Å². The number of likely N-dealkylation sites (tertiary alicyclic amines) is 1. The molecule has 5 rings (SSSR count). The Hall–Kier alpha value is -2.88. The summed E-state index contributed by atoms with van der Waals surface area (Å²) in [6.07, 6.45) is 6.33. The molecule has 4 heteroatoms. The van der Waals surface area contributed by atoms with E-state index in [1.54, 1.807) is 0 Å². The molecule has 0 unspecified atom stereocenters. The van der Waals surface area contributed by atoms with Gasteiger partial charge in [-0.1, -0.05) is 24.3 Å². The Morgan fingerprint density at radius 2 is 1.82 bits per heavy atom. The van der Waals surface area contributed by atoms with Gasteiger partial charge in [-0.3, -0.25) is 9.78 Å². The van der Waals surface area contributed by atoms with Crippen molar-refractivity contribution < 1.29 is 4.79 Å². The number of carbonyl (C=O) groups is 1. The summed E-state index contributed by atoms with van der Waals surface area (Å²) >= 11 is 0. The van der Waals surface area contributed by atoms with Crippen molar-refractivity contribution in [2.24, 2.45) is 0 Å². The number of fused-ring (bicyclic) bond motifs is 2. The Morgan fingerprint density at radius 3 is 2.71 bits per heavy atom. The van der Waals surface area contributed by atoms with Crippen LogP contribution in [0.3, 0.4) is 0 Å². The third-order valence-corrected chi connectivity index (χ3v) is 6.05. The van der Waals surface area contributed by atoms with E-state index in [9.17, 15) is 4.79 Å². The molecule has 2 aliphatic rings. The Kier molecular flexibility index (Phi) is 4.47. The molecule has 1 saturated heterocycles. The lowest BCUT2D eigenvalue weighted by molar-refractivity contribution is 0.0724. The fraction of sp³-hybridized carbons (Fsp3) is 0.333. The second-order valence-corrected chi connectivity index (χ2v) is 7.85. The van der Waals surface area contributed by atoms with Crippen LogP contribution in [0.15, 0.2) is 54.7 Å². The zero-order valence-electron chi connectivity index (χ0n) is 16.1. The van der Waals surface area contributed by atoms with E-state index < -0.39 is 0 Å². The number of amides is 1. The summed E-state index contributed by atoms with van der Waals surface area (Å²) in [5.41, 5.74) is 4.57. The van der Waals surface area contributed by atoms with Gasteiger partial charge in [-0.2, -0.15) is 0 Å². The number of rotatable bonds is 2. The highest BCUT2D eigenvalue weighted by Crippen LogP contribution is 2.31. The predicted molar refractivity (Wildman–Crippen MR) is 113 cm³/mol. The Balaban J connectivity index is 1.46.